The predicted molar refractivity (Wildman–Crippen MR) is 88.2 cm³/mol. The van der Waals surface area contributed by atoms with E-state index in [1.54, 1.807) is 18.2 Å². The second-order valence-electron chi connectivity index (χ2n) is 6.41. The number of carbonyl (C=O) groups excluding carboxylic acids is 1. The normalized spacial score (nSPS) is 23.1. The third kappa shape index (κ3) is 4.53. The van der Waals surface area contributed by atoms with Gasteiger partial charge in [0.1, 0.15) is 5.82 Å². The second-order valence-corrected chi connectivity index (χ2v) is 6.41. The number of hydrogen-bond donors (Lipinski definition) is 1. The quantitative estimate of drug-likeness (QED) is 0.849. The van der Waals surface area contributed by atoms with E-state index in [0.29, 0.717) is 18.0 Å². The van der Waals surface area contributed by atoms with Gasteiger partial charge in [0.15, 0.2) is 0 Å². The van der Waals surface area contributed by atoms with Crippen molar-refractivity contribution < 1.29 is 18.7 Å². The van der Waals surface area contributed by atoms with Crippen molar-refractivity contribution in [3.05, 3.63) is 35.6 Å². The number of nitrogens with one attached hydrogen (secondary N) is 1. The Morgan fingerprint density at radius 3 is 2.75 bits per heavy atom. The molecule has 0 aromatic heterocycles. The molecule has 0 aliphatic carbocycles. The molecule has 1 amide bonds. The standard InChI is InChI=1S/C18H25FN2O3/c19-16-4-2-1-3-14(16)11-18(22)20-12-17(15-5-8-24-13-15)21-6-9-23-10-7-21/h1-4,15,17H,5-13H2,(H,20,22)/t15-,17-/m0/s1. The van der Waals surface area contributed by atoms with E-state index < -0.39 is 0 Å². The first kappa shape index (κ1) is 17.3. The van der Waals surface area contributed by atoms with Gasteiger partial charge in [0, 0.05) is 38.2 Å². The Morgan fingerprint density at radius 1 is 1.25 bits per heavy atom. The summed E-state index contributed by atoms with van der Waals surface area (Å²) in [6.45, 7) is 5.32. The van der Waals surface area contributed by atoms with E-state index >= 15 is 0 Å². The number of morpholine rings is 1. The maximum absolute atomic E-state index is 13.7. The highest BCUT2D eigenvalue weighted by Crippen LogP contribution is 2.22. The van der Waals surface area contributed by atoms with E-state index in [1.807, 2.05) is 0 Å². The molecule has 132 valence electrons. The van der Waals surface area contributed by atoms with Crippen LogP contribution < -0.4 is 5.32 Å². The van der Waals surface area contributed by atoms with Gasteiger partial charge in [0.25, 0.3) is 0 Å². The van der Waals surface area contributed by atoms with E-state index in [9.17, 15) is 9.18 Å². The van der Waals surface area contributed by atoms with E-state index in [-0.39, 0.29) is 24.2 Å². The minimum Gasteiger partial charge on any atom is -0.381 e. The first-order valence-electron chi connectivity index (χ1n) is 8.63. The number of hydrogen-bond acceptors (Lipinski definition) is 4. The van der Waals surface area contributed by atoms with E-state index in [1.165, 1.54) is 6.07 Å². The lowest BCUT2D eigenvalue weighted by molar-refractivity contribution is -0.121. The zero-order valence-electron chi connectivity index (χ0n) is 13.9. The van der Waals surface area contributed by atoms with Crippen LogP contribution in [0.2, 0.25) is 0 Å². The molecule has 0 bridgehead atoms. The molecule has 1 aromatic rings. The third-order valence-corrected chi connectivity index (χ3v) is 4.84. The molecule has 2 atom stereocenters. The summed E-state index contributed by atoms with van der Waals surface area (Å²) in [7, 11) is 0. The van der Waals surface area contributed by atoms with Gasteiger partial charge >= 0.3 is 0 Å². The van der Waals surface area contributed by atoms with Crippen molar-refractivity contribution in [2.24, 2.45) is 5.92 Å². The summed E-state index contributed by atoms with van der Waals surface area (Å²) in [5, 5.41) is 2.99. The summed E-state index contributed by atoms with van der Waals surface area (Å²) in [5.74, 6) is -0.0456. The average Bonchev–Trinajstić information content (AvgIpc) is 3.12. The van der Waals surface area contributed by atoms with Crippen LogP contribution in [0.25, 0.3) is 0 Å². The van der Waals surface area contributed by atoms with Gasteiger partial charge in [-0.25, -0.2) is 4.39 Å². The highest BCUT2D eigenvalue weighted by atomic mass is 19.1. The molecule has 6 heteroatoms. The van der Waals surface area contributed by atoms with Crippen LogP contribution in [0.3, 0.4) is 0 Å². The zero-order chi connectivity index (χ0) is 16.8. The monoisotopic (exact) mass is 336 g/mol. The maximum Gasteiger partial charge on any atom is 0.224 e. The molecule has 1 N–H and O–H groups in total. The van der Waals surface area contributed by atoms with Crippen LogP contribution in [0.5, 0.6) is 0 Å². The number of carbonyl (C=O) groups is 1. The number of nitrogens with zero attached hydrogens (tertiary/aromatic N) is 1. The van der Waals surface area contributed by atoms with Crippen LogP contribution in [0.4, 0.5) is 4.39 Å². The number of amides is 1. The highest BCUT2D eigenvalue weighted by molar-refractivity contribution is 5.78. The van der Waals surface area contributed by atoms with Crippen LogP contribution in [0.15, 0.2) is 24.3 Å². The fourth-order valence-corrected chi connectivity index (χ4v) is 3.45. The molecule has 0 saturated carbocycles. The molecular formula is C18H25FN2O3. The van der Waals surface area contributed by atoms with Crippen molar-refractivity contribution in [1.29, 1.82) is 0 Å². The molecule has 0 radical (unpaired) electrons. The van der Waals surface area contributed by atoms with Gasteiger partial charge in [-0.3, -0.25) is 9.69 Å². The lowest BCUT2D eigenvalue weighted by Crippen LogP contribution is -2.52. The summed E-state index contributed by atoms with van der Waals surface area (Å²) >= 11 is 0. The molecule has 0 unspecified atom stereocenters. The summed E-state index contributed by atoms with van der Waals surface area (Å²) < 4.78 is 24.6. The van der Waals surface area contributed by atoms with E-state index in [2.05, 4.69) is 10.2 Å². The van der Waals surface area contributed by atoms with Crippen LogP contribution in [-0.4, -0.2) is 62.9 Å². The molecule has 3 rings (SSSR count). The van der Waals surface area contributed by atoms with Crippen LogP contribution >= 0.6 is 0 Å². The Hall–Kier alpha value is -1.50. The Labute approximate surface area is 142 Å². The van der Waals surface area contributed by atoms with Crippen molar-refractivity contribution in [2.75, 3.05) is 46.1 Å². The molecule has 2 heterocycles. The van der Waals surface area contributed by atoms with Gasteiger partial charge in [-0.2, -0.15) is 0 Å². The molecule has 2 aliphatic heterocycles. The van der Waals surface area contributed by atoms with Crippen molar-refractivity contribution in [3.63, 3.8) is 0 Å². The topological polar surface area (TPSA) is 50.8 Å². The molecule has 5 nitrogen and oxygen atoms in total. The van der Waals surface area contributed by atoms with Crippen LogP contribution in [0.1, 0.15) is 12.0 Å². The van der Waals surface area contributed by atoms with Crippen LogP contribution in [-0.2, 0) is 20.7 Å². The van der Waals surface area contributed by atoms with Gasteiger partial charge in [-0.05, 0) is 18.1 Å². The SMILES string of the molecule is O=C(Cc1ccccc1F)NC[C@@H]([C@H]1CCOC1)N1CCOCC1. The molecule has 1 aromatic carbocycles. The predicted octanol–water partition coefficient (Wildman–Crippen LogP) is 1.22. The minimum absolute atomic E-state index is 0.0731. The van der Waals surface area contributed by atoms with E-state index in [0.717, 1.165) is 45.9 Å². The molecule has 0 spiro atoms. The summed E-state index contributed by atoms with van der Waals surface area (Å²) in [4.78, 5) is 14.6. The molecule has 2 saturated heterocycles. The Kier molecular flexibility index (Phi) is 6.18. The zero-order valence-corrected chi connectivity index (χ0v) is 13.9. The van der Waals surface area contributed by atoms with Gasteiger partial charge in [-0.1, -0.05) is 18.2 Å². The summed E-state index contributed by atoms with van der Waals surface area (Å²) in [5.41, 5.74) is 0.433. The van der Waals surface area contributed by atoms with Crippen LogP contribution in [0, 0.1) is 11.7 Å². The fraction of sp³-hybridized carbons (Fsp3) is 0.611. The van der Waals surface area contributed by atoms with Gasteiger partial charge < -0.3 is 14.8 Å². The average molecular weight is 336 g/mol. The third-order valence-electron chi connectivity index (χ3n) is 4.84. The van der Waals surface area contributed by atoms with E-state index in [4.69, 9.17) is 9.47 Å². The van der Waals surface area contributed by atoms with Gasteiger partial charge in [0.2, 0.25) is 5.91 Å². The van der Waals surface area contributed by atoms with Crippen molar-refractivity contribution in [2.45, 2.75) is 18.9 Å². The fourth-order valence-electron chi connectivity index (χ4n) is 3.45. The smallest absolute Gasteiger partial charge is 0.224 e. The molecule has 2 aliphatic rings. The number of halogens is 1. The Bertz CT molecular complexity index is 543. The van der Waals surface area contributed by atoms with Crippen molar-refractivity contribution in [3.8, 4) is 0 Å². The van der Waals surface area contributed by atoms with Crippen molar-refractivity contribution >= 4 is 5.91 Å². The van der Waals surface area contributed by atoms with Gasteiger partial charge in [-0.15, -0.1) is 0 Å². The lowest BCUT2D eigenvalue weighted by Gasteiger charge is -2.37. The number of benzene rings is 1. The van der Waals surface area contributed by atoms with Gasteiger partial charge in [0.05, 0.1) is 26.2 Å². The lowest BCUT2D eigenvalue weighted by atomic mass is 9.96. The molecular weight excluding hydrogens is 311 g/mol. The largest absolute Gasteiger partial charge is 0.381 e. The summed E-state index contributed by atoms with van der Waals surface area (Å²) in [6, 6.07) is 6.67. The highest BCUT2D eigenvalue weighted by Gasteiger charge is 2.31. The van der Waals surface area contributed by atoms with Crippen molar-refractivity contribution in [1.82, 2.24) is 10.2 Å². The first-order valence-corrected chi connectivity index (χ1v) is 8.63. The molecule has 24 heavy (non-hydrogen) atoms. The Balaban J connectivity index is 1.56. The second kappa shape index (κ2) is 8.55. The maximum atomic E-state index is 13.7. The molecule has 2 fully saturated rings. The first-order chi connectivity index (χ1) is 11.7. The number of rotatable bonds is 6. The minimum atomic E-state index is -0.332. The summed E-state index contributed by atoms with van der Waals surface area (Å²) in [6.07, 6.45) is 1.09. The number of ether oxygens (including phenoxy) is 2. The Morgan fingerprint density at radius 2 is 2.04 bits per heavy atom.